The van der Waals surface area contributed by atoms with E-state index in [1.165, 1.54) is 32.1 Å². The Labute approximate surface area is 106 Å². The summed E-state index contributed by atoms with van der Waals surface area (Å²) in [4.78, 5) is 11.4. The minimum Gasteiger partial charge on any atom is -0.351 e. The van der Waals surface area contributed by atoms with Gasteiger partial charge in [0.1, 0.15) is 0 Å². The Hall–Kier alpha value is -0.0500. The fraction of sp³-hybridized carbons (Fsp3) is 0.923. The van der Waals surface area contributed by atoms with E-state index >= 15 is 0 Å². The highest BCUT2D eigenvalue weighted by molar-refractivity contribution is 9.10. The highest BCUT2D eigenvalue weighted by Gasteiger charge is 2.61. The molecule has 90 valence electrons. The first-order valence-corrected chi connectivity index (χ1v) is 7.09. The van der Waals surface area contributed by atoms with Crippen LogP contribution in [0.15, 0.2) is 0 Å². The summed E-state index contributed by atoms with van der Waals surface area (Å²) in [5.41, 5.74) is 0.550. The van der Waals surface area contributed by atoms with Crippen molar-refractivity contribution in [1.82, 2.24) is 5.32 Å². The number of alkyl halides is 1. The van der Waals surface area contributed by atoms with E-state index in [1.807, 2.05) is 0 Å². The maximum absolute atomic E-state index is 11.4. The van der Waals surface area contributed by atoms with Gasteiger partial charge in [-0.05, 0) is 49.9 Å². The highest BCUT2D eigenvalue weighted by atomic mass is 79.9. The predicted molar refractivity (Wildman–Crippen MR) is 67.5 cm³/mol. The predicted octanol–water partition coefficient (Wildman–Crippen LogP) is 3.00. The van der Waals surface area contributed by atoms with Crippen LogP contribution in [0.5, 0.6) is 0 Å². The number of carbonyl (C=O) groups is 1. The monoisotopic (exact) mass is 285 g/mol. The first-order valence-electron chi connectivity index (χ1n) is 6.30. The fourth-order valence-electron chi connectivity index (χ4n) is 5.30. The van der Waals surface area contributed by atoms with Gasteiger partial charge in [-0.25, -0.2) is 0 Å². The maximum atomic E-state index is 11.4. The van der Waals surface area contributed by atoms with E-state index in [9.17, 15) is 4.79 Å². The molecule has 1 amide bonds. The van der Waals surface area contributed by atoms with Crippen LogP contribution in [0.3, 0.4) is 0 Å². The van der Waals surface area contributed by atoms with Crippen molar-refractivity contribution in [2.45, 2.75) is 62.2 Å². The molecule has 0 aliphatic heterocycles. The minimum absolute atomic E-state index is 0.101. The zero-order valence-electron chi connectivity index (χ0n) is 10.1. The van der Waals surface area contributed by atoms with E-state index in [0.29, 0.717) is 9.74 Å². The quantitative estimate of drug-likeness (QED) is 0.738. The molecule has 4 saturated carbocycles. The smallest absolute Gasteiger partial charge is 0.217 e. The third-order valence-corrected chi connectivity index (χ3v) is 5.61. The molecule has 0 aromatic rings. The second kappa shape index (κ2) is 3.04. The Morgan fingerprint density at radius 3 is 2.56 bits per heavy atom. The minimum atomic E-state index is 0.101. The van der Waals surface area contributed by atoms with Crippen molar-refractivity contribution in [2.24, 2.45) is 11.3 Å². The zero-order valence-corrected chi connectivity index (χ0v) is 11.7. The molecule has 0 aromatic heterocycles. The van der Waals surface area contributed by atoms with Gasteiger partial charge in [0, 0.05) is 16.8 Å². The van der Waals surface area contributed by atoms with Gasteiger partial charge in [-0.3, -0.25) is 4.79 Å². The average molecular weight is 286 g/mol. The largest absolute Gasteiger partial charge is 0.351 e. The summed E-state index contributed by atoms with van der Waals surface area (Å²) in [5, 5.41) is 3.27. The van der Waals surface area contributed by atoms with Gasteiger partial charge in [-0.2, -0.15) is 0 Å². The first kappa shape index (κ1) is 11.1. The summed E-state index contributed by atoms with van der Waals surface area (Å²) in [6.07, 6.45) is 7.48. The Kier molecular flexibility index (Phi) is 2.10. The van der Waals surface area contributed by atoms with Crippen LogP contribution < -0.4 is 5.32 Å². The zero-order chi connectivity index (χ0) is 11.6. The number of nitrogens with one attached hydrogen (secondary N) is 1. The molecule has 4 atom stereocenters. The number of amides is 1. The van der Waals surface area contributed by atoms with Gasteiger partial charge in [0.05, 0.1) is 0 Å². The van der Waals surface area contributed by atoms with E-state index in [0.717, 1.165) is 12.3 Å². The number of rotatable bonds is 1. The van der Waals surface area contributed by atoms with Crippen LogP contribution in [0.2, 0.25) is 0 Å². The summed E-state index contributed by atoms with van der Waals surface area (Å²) in [6.45, 7) is 4.06. The van der Waals surface area contributed by atoms with Gasteiger partial charge >= 0.3 is 0 Å². The van der Waals surface area contributed by atoms with Crippen molar-refractivity contribution >= 4 is 21.8 Å². The summed E-state index contributed by atoms with van der Waals surface area (Å²) in [7, 11) is 0. The second-order valence-electron chi connectivity index (χ2n) is 6.93. The Morgan fingerprint density at radius 2 is 2.00 bits per heavy atom. The van der Waals surface area contributed by atoms with E-state index in [1.54, 1.807) is 6.92 Å². The molecule has 1 N–H and O–H groups in total. The molecule has 4 fully saturated rings. The van der Waals surface area contributed by atoms with Crippen molar-refractivity contribution in [3.63, 3.8) is 0 Å². The van der Waals surface area contributed by atoms with Crippen molar-refractivity contribution in [3.05, 3.63) is 0 Å². The molecule has 3 heteroatoms. The average Bonchev–Trinajstić information content (AvgIpc) is 1.91. The molecule has 4 rings (SSSR count). The molecular weight excluding hydrogens is 266 g/mol. The van der Waals surface area contributed by atoms with Crippen LogP contribution in [0.4, 0.5) is 0 Å². The van der Waals surface area contributed by atoms with E-state index in [2.05, 4.69) is 28.2 Å². The molecule has 0 saturated heterocycles. The molecule has 16 heavy (non-hydrogen) atoms. The van der Waals surface area contributed by atoms with Crippen LogP contribution in [0.1, 0.15) is 52.4 Å². The van der Waals surface area contributed by atoms with Gasteiger partial charge in [0.15, 0.2) is 0 Å². The first-order chi connectivity index (χ1) is 7.32. The van der Waals surface area contributed by atoms with Crippen molar-refractivity contribution < 1.29 is 4.79 Å². The number of carbonyl (C=O) groups excluding carboxylic acids is 1. The van der Waals surface area contributed by atoms with Crippen LogP contribution >= 0.6 is 15.9 Å². The Bertz CT molecular complexity index is 336. The highest BCUT2D eigenvalue weighted by Crippen LogP contribution is 2.65. The van der Waals surface area contributed by atoms with Gasteiger partial charge < -0.3 is 5.32 Å². The lowest BCUT2D eigenvalue weighted by Gasteiger charge is -2.64. The van der Waals surface area contributed by atoms with Gasteiger partial charge in [-0.15, -0.1) is 0 Å². The van der Waals surface area contributed by atoms with Crippen LogP contribution in [0.25, 0.3) is 0 Å². The summed E-state index contributed by atoms with van der Waals surface area (Å²) in [5.74, 6) is 0.953. The summed E-state index contributed by atoms with van der Waals surface area (Å²) < 4.78 is 0.309. The van der Waals surface area contributed by atoms with Crippen LogP contribution in [-0.2, 0) is 4.79 Å². The molecule has 4 bridgehead atoms. The van der Waals surface area contributed by atoms with Gasteiger partial charge in [-0.1, -0.05) is 22.9 Å². The van der Waals surface area contributed by atoms with Gasteiger partial charge in [0.2, 0.25) is 5.91 Å². The summed E-state index contributed by atoms with van der Waals surface area (Å²) in [6, 6.07) is 0. The molecule has 0 heterocycles. The maximum Gasteiger partial charge on any atom is 0.217 e. The molecule has 4 aliphatic carbocycles. The Balaban J connectivity index is 1.95. The SMILES string of the molecule is CC(=O)NC12CC3CC(C)(CC(Br)(C3)C1)C2. The lowest BCUT2D eigenvalue weighted by atomic mass is 9.47. The molecule has 4 unspecified atom stereocenters. The topological polar surface area (TPSA) is 29.1 Å². The lowest BCUT2D eigenvalue weighted by molar-refractivity contribution is -0.126. The number of hydrogen-bond acceptors (Lipinski definition) is 1. The van der Waals surface area contributed by atoms with Crippen LogP contribution in [-0.4, -0.2) is 15.8 Å². The van der Waals surface area contributed by atoms with Crippen molar-refractivity contribution in [3.8, 4) is 0 Å². The molecule has 0 spiro atoms. The van der Waals surface area contributed by atoms with Crippen LogP contribution in [0, 0.1) is 11.3 Å². The van der Waals surface area contributed by atoms with Crippen molar-refractivity contribution in [2.75, 3.05) is 0 Å². The summed E-state index contributed by atoms with van der Waals surface area (Å²) >= 11 is 3.97. The van der Waals surface area contributed by atoms with Crippen molar-refractivity contribution in [1.29, 1.82) is 0 Å². The fourth-order valence-corrected chi connectivity index (χ4v) is 6.98. The molecule has 2 nitrogen and oxygen atoms in total. The third kappa shape index (κ3) is 1.62. The molecule has 4 aliphatic rings. The number of hydrogen-bond donors (Lipinski definition) is 1. The van der Waals surface area contributed by atoms with E-state index < -0.39 is 0 Å². The van der Waals surface area contributed by atoms with Gasteiger partial charge in [0.25, 0.3) is 0 Å². The Morgan fingerprint density at radius 1 is 1.25 bits per heavy atom. The lowest BCUT2D eigenvalue weighted by Crippen LogP contribution is -2.66. The normalized spacial score (nSPS) is 54.1. The van der Waals surface area contributed by atoms with E-state index in [-0.39, 0.29) is 11.4 Å². The molecule has 0 aromatic carbocycles. The number of halogens is 1. The van der Waals surface area contributed by atoms with E-state index in [4.69, 9.17) is 0 Å². The third-order valence-electron chi connectivity index (χ3n) is 4.72. The second-order valence-corrected chi connectivity index (χ2v) is 8.61. The molecular formula is C13H20BrNO. The molecule has 0 radical (unpaired) electrons. The standard InChI is InChI=1S/C13H20BrNO/c1-9(16)15-13-5-10-3-11(2,7-13)6-12(14,4-10)8-13/h10H,3-8H2,1-2H3,(H,15,16).